The van der Waals surface area contributed by atoms with Crippen molar-refractivity contribution in [1.29, 1.82) is 0 Å². The van der Waals surface area contributed by atoms with E-state index >= 15 is 0 Å². The van der Waals surface area contributed by atoms with E-state index < -0.39 is 0 Å². The zero-order valence-electron chi connectivity index (χ0n) is 12.5. The number of likely N-dealkylation sites (tertiary alicyclic amines) is 1. The van der Waals surface area contributed by atoms with Crippen LogP contribution in [0.4, 0.5) is 0 Å². The van der Waals surface area contributed by atoms with Gasteiger partial charge in [-0.05, 0) is 65.8 Å². The summed E-state index contributed by atoms with van der Waals surface area (Å²) in [6, 6.07) is 2.45. The average Bonchev–Trinajstić information content (AvgIpc) is 2.39. The van der Waals surface area contributed by atoms with Crippen LogP contribution < -0.4 is 5.32 Å². The van der Waals surface area contributed by atoms with Crippen LogP contribution in [0.25, 0.3) is 0 Å². The first kappa shape index (κ1) is 14.3. The van der Waals surface area contributed by atoms with E-state index in [0.29, 0.717) is 0 Å². The molecule has 1 N–H and O–H groups in total. The third-order valence-corrected chi connectivity index (χ3v) is 4.89. The van der Waals surface area contributed by atoms with Crippen molar-refractivity contribution < 1.29 is 0 Å². The second-order valence-corrected chi connectivity index (χ2v) is 6.31. The van der Waals surface area contributed by atoms with E-state index in [1.807, 2.05) is 0 Å². The summed E-state index contributed by atoms with van der Waals surface area (Å²) in [6.45, 7) is 5.98. The van der Waals surface area contributed by atoms with E-state index in [1.54, 1.807) is 0 Å². The molecule has 2 aliphatic rings. The van der Waals surface area contributed by atoms with Crippen LogP contribution in [-0.4, -0.2) is 61.7 Å². The standard InChI is InChI=1S/C15H31N3/c1-4-16-13-6-5-7-15(12-13)18-10-8-14(9-11-18)17(2)3/h13-16H,4-12H2,1-3H3/t13-,15+/m0/s1. The Balaban J connectivity index is 1.78. The lowest BCUT2D eigenvalue weighted by Gasteiger charge is -2.42. The molecule has 18 heavy (non-hydrogen) atoms. The van der Waals surface area contributed by atoms with E-state index in [9.17, 15) is 0 Å². The summed E-state index contributed by atoms with van der Waals surface area (Å²) < 4.78 is 0. The summed E-state index contributed by atoms with van der Waals surface area (Å²) in [7, 11) is 4.45. The lowest BCUT2D eigenvalue weighted by molar-refractivity contribution is 0.0820. The van der Waals surface area contributed by atoms with Crippen LogP contribution in [0, 0.1) is 0 Å². The highest BCUT2D eigenvalue weighted by Gasteiger charge is 2.29. The smallest absolute Gasteiger partial charge is 0.0113 e. The third-order valence-electron chi connectivity index (χ3n) is 4.89. The molecule has 1 heterocycles. The second-order valence-electron chi connectivity index (χ2n) is 6.31. The van der Waals surface area contributed by atoms with Gasteiger partial charge < -0.3 is 15.1 Å². The molecule has 0 radical (unpaired) electrons. The Morgan fingerprint density at radius 2 is 1.83 bits per heavy atom. The van der Waals surface area contributed by atoms with Crippen LogP contribution in [0.3, 0.4) is 0 Å². The largest absolute Gasteiger partial charge is 0.314 e. The van der Waals surface area contributed by atoms with E-state index in [0.717, 1.165) is 24.7 Å². The molecule has 1 aliphatic carbocycles. The summed E-state index contributed by atoms with van der Waals surface area (Å²) in [4.78, 5) is 5.17. The van der Waals surface area contributed by atoms with Gasteiger partial charge in [0, 0.05) is 18.1 Å². The Bertz CT molecular complexity index is 232. The van der Waals surface area contributed by atoms with Gasteiger partial charge in [-0.1, -0.05) is 13.3 Å². The van der Waals surface area contributed by atoms with Gasteiger partial charge in [-0.15, -0.1) is 0 Å². The molecule has 1 saturated heterocycles. The fourth-order valence-electron chi connectivity index (χ4n) is 3.74. The predicted molar refractivity (Wildman–Crippen MR) is 78.0 cm³/mol. The Labute approximate surface area is 113 Å². The monoisotopic (exact) mass is 253 g/mol. The molecule has 106 valence electrons. The van der Waals surface area contributed by atoms with Gasteiger partial charge in [0.2, 0.25) is 0 Å². The van der Waals surface area contributed by atoms with Gasteiger partial charge in [0.15, 0.2) is 0 Å². The molecular weight excluding hydrogens is 222 g/mol. The van der Waals surface area contributed by atoms with Crippen molar-refractivity contribution in [3.05, 3.63) is 0 Å². The second kappa shape index (κ2) is 6.88. The molecule has 0 aromatic heterocycles. The number of piperidine rings is 1. The quantitative estimate of drug-likeness (QED) is 0.826. The van der Waals surface area contributed by atoms with Crippen LogP contribution in [0.5, 0.6) is 0 Å². The molecule has 0 bridgehead atoms. The molecule has 1 saturated carbocycles. The van der Waals surface area contributed by atoms with Gasteiger partial charge in [-0.3, -0.25) is 0 Å². The minimum absolute atomic E-state index is 0.778. The fraction of sp³-hybridized carbons (Fsp3) is 1.00. The van der Waals surface area contributed by atoms with Gasteiger partial charge >= 0.3 is 0 Å². The average molecular weight is 253 g/mol. The van der Waals surface area contributed by atoms with Gasteiger partial charge in [0.1, 0.15) is 0 Å². The summed E-state index contributed by atoms with van der Waals surface area (Å²) in [6.07, 6.45) is 8.31. The van der Waals surface area contributed by atoms with E-state index in [1.165, 1.54) is 51.6 Å². The molecule has 2 rings (SSSR count). The van der Waals surface area contributed by atoms with E-state index in [2.05, 4.69) is 36.1 Å². The first-order valence-corrected chi connectivity index (χ1v) is 7.84. The van der Waals surface area contributed by atoms with Gasteiger partial charge in [-0.25, -0.2) is 0 Å². The highest BCUT2D eigenvalue weighted by molar-refractivity contribution is 4.87. The lowest BCUT2D eigenvalue weighted by atomic mass is 9.88. The molecule has 3 heteroatoms. The predicted octanol–water partition coefficient (Wildman–Crippen LogP) is 1.93. The maximum absolute atomic E-state index is 3.65. The molecule has 2 atom stereocenters. The van der Waals surface area contributed by atoms with Crippen molar-refractivity contribution in [2.45, 2.75) is 63.6 Å². The molecule has 1 aliphatic heterocycles. The third kappa shape index (κ3) is 3.69. The number of rotatable bonds is 4. The van der Waals surface area contributed by atoms with Crippen LogP contribution in [0.15, 0.2) is 0 Å². The van der Waals surface area contributed by atoms with Crippen LogP contribution in [0.1, 0.15) is 45.4 Å². The summed E-state index contributed by atoms with van der Waals surface area (Å²) in [5.74, 6) is 0. The summed E-state index contributed by atoms with van der Waals surface area (Å²) in [5, 5.41) is 3.65. The summed E-state index contributed by atoms with van der Waals surface area (Å²) in [5.41, 5.74) is 0. The maximum Gasteiger partial charge on any atom is 0.0113 e. The number of nitrogens with zero attached hydrogens (tertiary/aromatic N) is 2. The minimum atomic E-state index is 0.778. The number of hydrogen-bond donors (Lipinski definition) is 1. The molecular formula is C15H31N3. The highest BCUT2D eigenvalue weighted by atomic mass is 15.2. The normalized spacial score (nSPS) is 32.0. The van der Waals surface area contributed by atoms with Crippen LogP contribution in [0.2, 0.25) is 0 Å². The lowest BCUT2D eigenvalue weighted by Crippen LogP contribution is -2.49. The number of hydrogen-bond acceptors (Lipinski definition) is 3. The molecule has 0 aromatic carbocycles. The van der Waals surface area contributed by atoms with Crippen molar-refractivity contribution in [2.75, 3.05) is 33.7 Å². The van der Waals surface area contributed by atoms with Crippen molar-refractivity contribution in [3.8, 4) is 0 Å². The van der Waals surface area contributed by atoms with Crippen molar-refractivity contribution >= 4 is 0 Å². The van der Waals surface area contributed by atoms with Crippen molar-refractivity contribution in [3.63, 3.8) is 0 Å². The van der Waals surface area contributed by atoms with Crippen LogP contribution >= 0.6 is 0 Å². The highest BCUT2D eigenvalue weighted by Crippen LogP contribution is 2.26. The molecule has 0 aromatic rings. The first-order valence-electron chi connectivity index (χ1n) is 7.84. The SMILES string of the molecule is CCN[C@H]1CCC[C@@H](N2CCC(N(C)C)CC2)C1. The summed E-state index contributed by atoms with van der Waals surface area (Å²) >= 11 is 0. The zero-order chi connectivity index (χ0) is 13.0. The number of nitrogens with one attached hydrogen (secondary N) is 1. The Hall–Kier alpha value is -0.120. The van der Waals surface area contributed by atoms with Gasteiger partial charge in [-0.2, -0.15) is 0 Å². The molecule has 0 spiro atoms. The minimum Gasteiger partial charge on any atom is -0.314 e. The molecule has 0 unspecified atom stereocenters. The van der Waals surface area contributed by atoms with Gasteiger partial charge in [0.05, 0.1) is 0 Å². The van der Waals surface area contributed by atoms with Crippen molar-refractivity contribution in [1.82, 2.24) is 15.1 Å². The molecule has 2 fully saturated rings. The fourth-order valence-corrected chi connectivity index (χ4v) is 3.74. The Morgan fingerprint density at radius 3 is 2.44 bits per heavy atom. The maximum atomic E-state index is 3.65. The molecule has 3 nitrogen and oxygen atoms in total. The van der Waals surface area contributed by atoms with Gasteiger partial charge in [0.25, 0.3) is 0 Å². The topological polar surface area (TPSA) is 18.5 Å². The molecule has 0 amide bonds. The Kier molecular flexibility index (Phi) is 5.46. The van der Waals surface area contributed by atoms with E-state index in [4.69, 9.17) is 0 Å². The Morgan fingerprint density at radius 1 is 1.11 bits per heavy atom. The first-order chi connectivity index (χ1) is 8.70. The van der Waals surface area contributed by atoms with Crippen LogP contribution in [-0.2, 0) is 0 Å². The van der Waals surface area contributed by atoms with E-state index in [-0.39, 0.29) is 0 Å². The zero-order valence-corrected chi connectivity index (χ0v) is 12.5. The van der Waals surface area contributed by atoms with Crippen molar-refractivity contribution in [2.24, 2.45) is 0 Å².